The van der Waals surface area contributed by atoms with Gasteiger partial charge in [0.25, 0.3) is 0 Å². The Labute approximate surface area is 89.9 Å². The molecular formula is C11H18O4. The number of ether oxygens (including phenoxy) is 3. The van der Waals surface area contributed by atoms with E-state index in [0.717, 1.165) is 13.0 Å². The lowest BCUT2D eigenvalue weighted by Gasteiger charge is -2.30. The van der Waals surface area contributed by atoms with Gasteiger partial charge in [-0.3, -0.25) is 4.79 Å². The molecule has 1 heterocycles. The topological polar surface area (TPSA) is 44.8 Å². The summed E-state index contributed by atoms with van der Waals surface area (Å²) < 4.78 is 16.3. The van der Waals surface area contributed by atoms with Gasteiger partial charge in [0.05, 0.1) is 12.7 Å². The van der Waals surface area contributed by atoms with Crippen LogP contribution in [-0.2, 0) is 19.0 Å². The molecule has 0 spiro atoms. The summed E-state index contributed by atoms with van der Waals surface area (Å²) >= 11 is 0. The fourth-order valence-electron chi connectivity index (χ4n) is 2.95. The molecule has 0 aromatic carbocycles. The van der Waals surface area contributed by atoms with Crippen molar-refractivity contribution in [3.8, 4) is 0 Å². The second-order valence-electron chi connectivity index (χ2n) is 4.66. The summed E-state index contributed by atoms with van der Waals surface area (Å²) in [4.78, 5) is 10.8. The van der Waals surface area contributed by atoms with Crippen molar-refractivity contribution in [1.29, 1.82) is 0 Å². The summed E-state index contributed by atoms with van der Waals surface area (Å²) in [5.41, 5.74) is -0.384. The SMILES string of the molecule is CO[C@H]1[C@@H]2CO[C@@]1(COC(C)=O)C[C@@H]2C. The van der Waals surface area contributed by atoms with Crippen LogP contribution in [0, 0.1) is 11.8 Å². The Morgan fingerprint density at radius 2 is 2.33 bits per heavy atom. The lowest BCUT2D eigenvalue weighted by atomic mass is 9.98. The van der Waals surface area contributed by atoms with Crippen LogP contribution in [-0.4, -0.2) is 38.0 Å². The zero-order valence-electron chi connectivity index (χ0n) is 9.49. The Kier molecular flexibility index (Phi) is 2.73. The second kappa shape index (κ2) is 3.76. The van der Waals surface area contributed by atoms with Crippen LogP contribution in [0.1, 0.15) is 20.3 Å². The number of methoxy groups -OCH3 is 1. The Hall–Kier alpha value is -0.610. The highest BCUT2D eigenvalue weighted by Crippen LogP contribution is 2.49. The molecular weight excluding hydrogens is 196 g/mol. The van der Waals surface area contributed by atoms with Crippen LogP contribution < -0.4 is 0 Å². The maximum Gasteiger partial charge on any atom is 0.302 e. The minimum Gasteiger partial charge on any atom is -0.463 e. The first-order valence-corrected chi connectivity index (χ1v) is 5.39. The molecule has 0 aromatic rings. The molecule has 0 amide bonds. The third kappa shape index (κ3) is 1.66. The molecule has 2 rings (SSSR count). The van der Waals surface area contributed by atoms with Crippen molar-refractivity contribution in [1.82, 2.24) is 0 Å². The first kappa shape index (κ1) is 10.9. The number of esters is 1. The summed E-state index contributed by atoms with van der Waals surface area (Å²) in [5.74, 6) is 0.774. The van der Waals surface area contributed by atoms with Crippen LogP contribution in [0.2, 0.25) is 0 Å². The first-order chi connectivity index (χ1) is 7.09. The minimum atomic E-state index is -0.384. The van der Waals surface area contributed by atoms with E-state index in [4.69, 9.17) is 14.2 Å². The van der Waals surface area contributed by atoms with Gasteiger partial charge in [-0.1, -0.05) is 6.92 Å². The molecule has 15 heavy (non-hydrogen) atoms. The van der Waals surface area contributed by atoms with E-state index in [9.17, 15) is 4.79 Å². The maximum atomic E-state index is 10.8. The summed E-state index contributed by atoms with van der Waals surface area (Å²) in [6.45, 7) is 4.67. The molecule has 2 bridgehead atoms. The summed E-state index contributed by atoms with van der Waals surface area (Å²) in [5, 5.41) is 0. The van der Waals surface area contributed by atoms with Crippen molar-refractivity contribution in [3.05, 3.63) is 0 Å². The lowest BCUT2D eigenvalue weighted by molar-refractivity contribution is -0.157. The van der Waals surface area contributed by atoms with Gasteiger partial charge >= 0.3 is 5.97 Å². The van der Waals surface area contributed by atoms with Gasteiger partial charge in [-0.05, 0) is 12.3 Å². The van der Waals surface area contributed by atoms with E-state index in [-0.39, 0.29) is 17.7 Å². The van der Waals surface area contributed by atoms with Crippen LogP contribution in [0.5, 0.6) is 0 Å². The van der Waals surface area contributed by atoms with Crippen LogP contribution in [0.4, 0.5) is 0 Å². The van der Waals surface area contributed by atoms with Gasteiger partial charge in [0, 0.05) is 20.0 Å². The molecule has 0 unspecified atom stereocenters. The van der Waals surface area contributed by atoms with Crippen LogP contribution in [0.3, 0.4) is 0 Å². The largest absolute Gasteiger partial charge is 0.463 e. The highest BCUT2D eigenvalue weighted by Gasteiger charge is 2.59. The average Bonchev–Trinajstić information content (AvgIpc) is 2.66. The Morgan fingerprint density at radius 1 is 1.60 bits per heavy atom. The molecule has 0 N–H and O–H groups in total. The van der Waals surface area contributed by atoms with Crippen molar-refractivity contribution in [2.24, 2.45) is 11.8 Å². The van der Waals surface area contributed by atoms with Crippen LogP contribution >= 0.6 is 0 Å². The van der Waals surface area contributed by atoms with E-state index >= 15 is 0 Å². The van der Waals surface area contributed by atoms with Gasteiger partial charge in [-0.25, -0.2) is 0 Å². The fraction of sp³-hybridized carbons (Fsp3) is 0.909. The molecule has 4 heteroatoms. The molecule has 1 saturated carbocycles. The minimum absolute atomic E-state index is 0.0758. The predicted molar refractivity (Wildman–Crippen MR) is 53.4 cm³/mol. The number of carbonyl (C=O) groups is 1. The molecule has 2 fully saturated rings. The predicted octanol–water partition coefficient (Wildman–Crippen LogP) is 0.989. The van der Waals surface area contributed by atoms with Crippen LogP contribution in [0.15, 0.2) is 0 Å². The van der Waals surface area contributed by atoms with Gasteiger partial charge in [-0.15, -0.1) is 0 Å². The smallest absolute Gasteiger partial charge is 0.302 e. The molecule has 2 aliphatic rings. The Balaban J connectivity index is 2.08. The number of hydrogen-bond donors (Lipinski definition) is 0. The third-order valence-corrected chi connectivity index (χ3v) is 3.64. The van der Waals surface area contributed by atoms with E-state index in [0.29, 0.717) is 18.4 Å². The van der Waals surface area contributed by atoms with Gasteiger partial charge in [0.2, 0.25) is 0 Å². The third-order valence-electron chi connectivity index (χ3n) is 3.64. The standard InChI is InChI=1S/C11H18O4/c1-7-4-11(6-14-8(2)12)10(13-3)9(7)5-15-11/h7,9-10H,4-6H2,1-3H3/t7-,9+,10-,11+/m0/s1. The molecule has 1 saturated heterocycles. The van der Waals surface area contributed by atoms with Gasteiger partial charge in [0.1, 0.15) is 12.2 Å². The zero-order chi connectivity index (χ0) is 11.1. The average molecular weight is 214 g/mol. The lowest BCUT2D eigenvalue weighted by Crippen LogP contribution is -2.43. The van der Waals surface area contributed by atoms with Crippen molar-refractivity contribution in [2.45, 2.75) is 32.0 Å². The quantitative estimate of drug-likeness (QED) is 0.657. The number of hydrogen-bond acceptors (Lipinski definition) is 4. The first-order valence-electron chi connectivity index (χ1n) is 5.39. The molecule has 0 aromatic heterocycles. The van der Waals surface area contributed by atoms with E-state index in [2.05, 4.69) is 6.92 Å². The van der Waals surface area contributed by atoms with Crippen molar-refractivity contribution < 1.29 is 19.0 Å². The summed E-state index contributed by atoms with van der Waals surface area (Å²) in [7, 11) is 1.70. The zero-order valence-corrected chi connectivity index (χ0v) is 9.49. The molecule has 1 aliphatic carbocycles. The molecule has 0 radical (unpaired) electrons. The molecule has 1 aliphatic heterocycles. The molecule has 86 valence electrons. The van der Waals surface area contributed by atoms with Crippen molar-refractivity contribution >= 4 is 5.97 Å². The fourth-order valence-corrected chi connectivity index (χ4v) is 2.95. The second-order valence-corrected chi connectivity index (χ2v) is 4.66. The number of fused-ring (bicyclic) bond motifs is 2. The van der Waals surface area contributed by atoms with E-state index in [1.807, 2.05) is 0 Å². The Bertz CT molecular complexity index is 265. The highest BCUT2D eigenvalue weighted by atomic mass is 16.6. The van der Waals surface area contributed by atoms with E-state index in [1.54, 1.807) is 7.11 Å². The number of rotatable bonds is 3. The monoisotopic (exact) mass is 214 g/mol. The maximum absolute atomic E-state index is 10.8. The van der Waals surface area contributed by atoms with Crippen molar-refractivity contribution in [3.63, 3.8) is 0 Å². The normalized spacial score (nSPS) is 43.3. The van der Waals surface area contributed by atoms with Gasteiger partial charge in [-0.2, -0.15) is 0 Å². The van der Waals surface area contributed by atoms with E-state index < -0.39 is 0 Å². The summed E-state index contributed by atoms with van der Waals surface area (Å²) in [6, 6.07) is 0. The van der Waals surface area contributed by atoms with Gasteiger partial charge in [0.15, 0.2) is 0 Å². The van der Waals surface area contributed by atoms with Gasteiger partial charge < -0.3 is 14.2 Å². The van der Waals surface area contributed by atoms with Crippen LogP contribution in [0.25, 0.3) is 0 Å². The summed E-state index contributed by atoms with van der Waals surface area (Å²) in [6.07, 6.45) is 0.996. The Morgan fingerprint density at radius 3 is 2.87 bits per heavy atom. The van der Waals surface area contributed by atoms with E-state index in [1.165, 1.54) is 6.92 Å². The number of carbonyl (C=O) groups excluding carboxylic acids is 1. The van der Waals surface area contributed by atoms with Crippen molar-refractivity contribution in [2.75, 3.05) is 20.3 Å². The highest BCUT2D eigenvalue weighted by molar-refractivity contribution is 5.66. The molecule has 4 atom stereocenters. The molecule has 4 nitrogen and oxygen atoms in total.